The van der Waals surface area contributed by atoms with Gasteiger partial charge in [-0.1, -0.05) is 38.3 Å². The molecule has 1 aliphatic carbocycles. The Morgan fingerprint density at radius 2 is 1.77 bits per heavy atom. The second kappa shape index (κ2) is 8.99. The fraction of sp³-hybridized carbons (Fsp3) is 0.381. The molecule has 3 rings (SSSR count). The highest BCUT2D eigenvalue weighted by Gasteiger charge is 2.31. The molecule has 2 aromatic carbocycles. The number of anilines is 1. The van der Waals surface area contributed by atoms with Crippen molar-refractivity contribution in [2.75, 3.05) is 5.32 Å². The largest absolute Gasteiger partial charge is 0.322 e. The zero-order valence-corrected chi connectivity index (χ0v) is 18.2. The van der Waals surface area contributed by atoms with E-state index in [0.717, 1.165) is 43.5 Å². The third-order valence-electron chi connectivity index (χ3n) is 5.68. The third kappa shape index (κ3) is 4.99. The van der Waals surface area contributed by atoms with Crippen molar-refractivity contribution in [1.82, 2.24) is 4.72 Å². The van der Waals surface area contributed by atoms with Gasteiger partial charge in [0.15, 0.2) is 0 Å². The highest BCUT2D eigenvalue weighted by atomic mass is 35.5. The van der Waals surface area contributed by atoms with Gasteiger partial charge in [0.25, 0.3) is 5.91 Å². The summed E-state index contributed by atoms with van der Waals surface area (Å²) in [6, 6.07) is 6.35. The Morgan fingerprint density at radius 3 is 2.47 bits per heavy atom. The monoisotopic (exact) mass is 456 g/mol. The van der Waals surface area contributed by atoms with E-state index >= 15 is 0 Å². The van der Waals surface area contributed by atoms with Crippen molar-refractivity contribution < 1.29 is 22.0 Å². The normalized spacial score (nSPS) is 22.0. The molecule has 0 aromatic heterocycles. The summed E-state index contributed by atoms with van der Waals surface area (Å²) in [5.41, 5.74) is -0.286. The van der Waals surface area contributed by atoms with Gasteiger partial charge in [-0.25, -0.2) is 21.9 Å². The predicted molar refractivity (Wildman–Crippen MR) is 112 cm³/mol. The number of nitrogens with one attached hydrogen (secondary N) is 2. The molecular weight excluding hydrogens is 434 g/mol. The number of rotatable bonds is 5. The Labute approximate surface area is 179 Å². The number of sulfonamides is 1. The number of carbonyl (C=O) groups excluding carboxylic acids is 1. The Balaban J connectivity index is 1.83. The minimum absolute atomic E-state index is 0.155. The van der Waals surface area contributed by atoms with Crippen LogP contribution in [-0.2, 0) is 10.0 Å². The Hall–Kier alpha value is -2.03. The molecule has 9 heteroatoms. The third-order valence-corrected chi connectivity index (χ3v) is 7.46. The Kier molecular flexibility index (Phi) is 6.79. The van der Waals surface area contributed by atoms with E-state index in [4.69, 9.17) is 11.6 Å². The minimum Gasteiger partial charge on any atom is -0.322 e. The number of carbonyl (C=O) groups is 1. The molecule has 1 saturated carbocycles. The molecule has 1 aliphatic rings. The van der Waals surface area contributed by atoms with Crippen LogP contribution in [0.15, 0.2) is 41.3 Å². The summed E-state index contributed by atoms with van der Waals surface area (Å²) in [4.78, 5) is 12.3. The lowest BCUT2D eigenvalue weighted by Gasteiger charge is -2.34. The molecule has 162 valence electrons. The van der Waals surface area contributed by atoms with E-state index < -0.39 is 33.1 Å². The summed E-state index contributed by atoms with van der Waals surface area (Å²) in [5.74, 6) is -1.85. The molecule has 0 radical (unpaired) electrons. The van der Waals surface area contributed by atoms with Gasteiger partial charge < -0.3 is 5.32 Å². The van der Waals surface area contributed by atoms with Gasteiger partial charge in [0.1, 0.15) is 11.6 Å². The smallest absolute Gasteiger partial charge is 0.258 e. The van der Waals surface area contributed by atoms with Crippen LogP contribution in [0.1, 0.15) is 43.5 Å². The van der Waals surface area contributed by atoms with Crippen LogP contribution in [0.25, 0.3) is 0 Å². The highest BCUT2D eigenvalue weighted by Crippen LogP contribution is 2.30. The highest BCUT2D eigenvalue weighted by molar-refractivity contribution is 7.89. The molecule has 0 spiro atoms. The van der Waals surface area contributed by atoms with Crippen LogP contribution < -0.4 is 10.0 Å². The summed E-state index contributed by atoms with van der Waals surface area (Å²) >= 11 is 5.69. The van der Waals surface area contributed by atoms with Gasteiger partial charge in [0, 0.05) is 11.7 Å². The summed E-state index contributed by atoms with van der Waals surface area (Å²) in [5, 5.41) is 2.19. The molecule has 0 aliphatic heterocycles. The maximum absolute atomic E-state index is 14.3. The molecule has 0 bridgehead atoms. The topological polar surface area (TPSA) is 75.3 Å². The first-order chi connectivity index (χ1) is 14.1. The van der Waals surface area contributed by atoms with Crippen LogP contribution in [-0.4, -0.2) is 20.4 Å². The molecule has 0 saturated heterocycles. The zero-order valence-electron chi connectivity index (χ0n) is 16.6. The molecule has 2 N–H and O–H groups in total. The van der Waals surface area contributed by atoms with Gasteiger partial charge in [0.2, 0.25) is 10.0 Å². The van der Waals surface area contributed by atoms with Crippen LogP contribution in [0.3, 0.4) is 0 Å². The van der Waals surface area contributed by atoms with E-state index in [0.29, 0.717) is 5.92 Å². The van der Waals surface area contributed by atoms with Crippen molar-refractivity contribution in [2.45, 2.75) is 44.0 Å². The summed E-state index contributed by atoms with van der Waals surface area (Å²) in [6.07, 6.45) is 2.70. The maximum atomic E-state index is 14.3. The average molecular weight is 457 g/mol. The fourth-order valence-corrected chi connectivity index (χ4v) is 5.20. The van der Waals surface area contributed by atoms with Gasteiger partial charge >= 0.3 is 0 Å². The summed E-state index contributed by atoms with van der Waals surface area (Å²) in [6.45, 7) is 4.10. The minimum atomic E-state index is -3.94. The van der Waals surface area contributed by atoms with Crippen molar-refractivity contribution in [1.29, 1.82) is 0 Å². The first-order valence-corrected chi connectivity index (χ1v) is 11.5. The van der Waals surface area contributed by atoms with Crippen LogP contribution in [0.2, 0.25) is 5.02 Å². The van der Waals surface area contributed by atoms with E-state index in [1.165, 1.54) is 12.1 Å². The van der Waals surface area contributed by atoms with Gasteiger partial charge in [-0.15, -0.1) is 0 Å². The molecule has 2 aromatic rings. The SMILES string of the molecule is CC1CCCC(NS(=O)(=O)c2ccc(F)c(C(=O)Nc3ccc(F)c(Cl)c3)c2)C1C. The van der Waals surface area contributed by atoms with E-state index in [-0.39, 0.29) is 27.6 Å². The average Bonchev–Trinajstić information content (AvgIpc) is 2.68. The van der Waals surface area contributed by atoms with Gasteiger partial charge in [-0.05, 0) is 54.7 Å². The van der Waals surface area contributed by atoms with Gasteiger partial charge in [-0.3, -0.25) is 4.79 Å². The van der Waals surface area contributed by atoms with Gasteiger partial charge in [0.05, 0.1) is 15.5 Å². The number of amides is 1. The predicted octanol–water partition coefficient (Wildman–Crippen LogP) is 4.97. The van der Waals surface area contributed by atoms with Crippen molar-refractivity contribution in [3.05, 3.63) is 58.6 Å². The standard InChI is InChI=1S/C21H23ClF2N2O3S/c1-12-4-3-5-20(13(12)2)26-30(28,29)15-7-9-18(23)16(11-15)21(27)25-14-6-8-19(24)17(22)10-14/h6-13,20,26H,3-5H2,1-2H3,(H,25,27). The van der Waals surface area contributed by atoms with E-state index in [2.05, 4.69) is 17.0 Å². The molecule has 1 amide bonds. The number of benzene rings is 2. The van der Waals surface area contributed by atoms with E-state index in [1.54, 1.807) is 0 Å². The van der Waals surface area contributed by atoms with E-state index in [1.807, 2.05) is 6.92 Å². The Bertz CT molecular complexity index is 1060. The molecule has 1 fully saturated rings. The van der Waals surface area contributed by atoms with Crippen LogP contribution >= 0.6 is 11.6 Å². The zero-order chi connectivity index (χ0) is 22.1. The molecule has 3 atom stereocenters. The first-order valence-electron chi connectivity index (χ1n) is 9.67. The number of hydrogen-bond donors (Lipinski definition) is 2. The Morgan fingerprint density at radius 1 is 1.07 bits per heavy atom. The lowest BCUT2D eigenvalue weighted by molar-refractivity contribution is 0.102. The lowest BCUT2D eigenvalue weighted by atomic mass is 9.78. The second-order valence-corrected chi connectivity index (χ2v) is 9.84. The lowest BCUT2D eigenvalue weighted by Crippen LogP contribution is -2.43. The molecule has 30 heavy (non-hydrogen) atoms. The molecule has 5 nitrogen and oxygen atoms in total. The first kappa shape index (κ1) is 22.7. The van der Waals surface area contributed by atoms with Crippen molar-refractivity contribution in [2.24, 2.45) is 11.8 Å². The summed E-state index contributed by atoms with van der Waals surface area (Å²) in [7, 11) is -3.94. The van der Waals surface area contributed by atoms with Crippen LogP contribution in [0, 0.1) is 23.5 Å². The maximum Gasteiger partial charge on any atom is 0.258 e. The van der Waals surface area contributed by atoms with Crippen LogP contribution in [0.4, 0.5) is 14.5 Å². The summed E-state index contributed by atoms with van der Waals surface area (Å²) < 4.78 is 55.9. The molecule has 3 unspecified atom stereocenters. The van der Waals surface area contributed by atoms with Crippen molar-refractivity contribution in [3.8, 4) is 0 Å². The molecular formula is C21H23ClF2N2O3S. The van der Waals surface area contributed by atoms with Crippen LogP contribution in [0.5, 0.6) is 0 Å². The fourth-order valence-electron chi connectivity index (χ4n) is 3.63. The van der Waals surface area contributed by atoms with Crippen molar-refractivity contribution in [3.63, 3.8) is 0 Å². The second-order valence-electron chi connectivity index (χ2n) is 7.72. The number of halogens is 3. The quantitative estimate of drug-likeness (QED) is 0.666. The van der Waals surface area contributed by atoms with Gasteiger partial charge in [-0.2, -0.15) is 0 Å². The number of hydrogen-bond acceptors (Lipinski definition) is 3. The van der Waals surface area contributed by atoms with E-state index in [9.17, 15) is 22.0 Å². The van der Waals surface area contributed by atoms with Crippen molar-refractivity contribution >= 4 is 33.2 Å². The molecule has 0 heterocycles.